The Kier molecular flexibility index (Phi) is 2.77. The van der Waals surface area contributed by atoms with Crippen LogP contribution in [-0.4, -0.2) is 18.0 Å². The molecule has 0 heterocycles. The van der Waals surface area contributed by atoms with Crippen LogP contribution in [0.1, 0.15) is 20.8 Å². The Hall–Kier alpha value is -0.450. The Labute approximate surface area is 67.8 Å². The molecule has 1 atom stereocenters. The average Bonchev–Trinajstić information content (AvgIpc) is 1.83. The molecule has 0 aromatic heterocycles. The molecule has 66 valence electrons. The molecule has 4 heteroatoms. The molecule has 0 aromatic carbocycles. The minimum absolute atomic E-state index is 0.0694. The van der Waals surface area contributed by atoms with Crippen LogP contribution in [0.2, 0.25) is 0 Å². The van der Waals surface area contributed by atoms with Crippen molar-refractivity contribution in [3.8, 4) is 0 Å². The van der Waals surface area contributed by atoms with E-state index in [-0.39, 0.29) is 5.92 Å². The van der Waals surface area contributed by atoms with Gasteiger partial charge in [-0.25, -0.2) is 0 Å². The van der Waals surface area contributed by atoms with Crippen molar-refractivity contribution in [3.63, 3.8) is 0 Å². The van der Waals surface area contributed by atoms with Crippen LogP contribution in [0.3, 0.4) is 0 Å². The van der Waals surface area contributed by atoms with Crippen molar-refractivity contribution in [1.29, 1.82) is 0 Å². The highest BCUT2D eigenvalue weighted by Gasteiger charge is 2.41. The van der Waals surface area contributed by atoms with E-state index in [4.69, 9.17) is 17.2 Å². The van der Waals surface area contributed by atoms with Gasteiger partial charge in [-0.05, 0) is 19.6 Å². The van der Waals surface area contributed by atoms with Gasteiger partial charge in [0.2, 0.25) is 0 Å². The number of rotatable bonds is 3. The van der Waals surface area contributed by atoms with Crippen LogP contribution in [0.25, 0.3) is 0 Å². The van der Waals surface area contributed by atoms with Gasteiger partial charge in [0.25, 0.3) is 0 Å². The highest BCUT2D eigenvalue weighted by Crippen LogP contribution is 2.22. The van der Waals surface area contributed by atoms with E-state index in [2.05, 4.69) is 11.7 Å². The molecule has 0 aromatic rings. The van der Waals surface area contributed by atoms with Crippen LogP contribution in [0, 0.1) is 5.92 Å². The van der Waals surface area contributed by atoms with Crippen molar-refractivity contribution in [2.75, 3.05) is 0 Å². The van der Waals surface area contributed by atoms with Gasteiger partial charge in [-0.15, -0.1) is 0 Å². The van der Waals surface area contributed by atoms with Gasteiger partial charge in [-0.1, -0.05) is 13.8 Å². The summed E-state index contributed by atoms with van der Waals surface area (Å²) in [5, 5.41) is 0. The second-order valence-corrected chi connectivity index (χ2v) is 3.42. The van der Waals surface area contributed by atoms with Crippen molar-refractivity contribution in [3.05, 3.63) is 0 Å². The van der Waals surface area contributed by atoms with E-state index in [1.54, 1.807) is 6.92 Å². The van der Waals surface area contributed by atoms with Gasteiger partial charge in [0, 0.05) is 0 Å². The van der Waals surface area contributed by atoms with E-state index >= 15 is 0 Å². The molecular formula is C7H18N4. The van der Waals surface area contributed by atoms with E-state index in [1.165, 1.54) is 0 Å². The van der Waals surface area contributed by atoms with Gasteiger partial charge in [-0.3, -0.25) is 4.99 Å². The number of nitrogens with two attached hydrogens (primary N) is 3. The van der Waals surface area contributed by atoms with Crippen LogP contribution in [0.15, 0.2) is 4.99 Å². The molecular weight excluding hydrogens is 140 g/mol. The maximum atomic E-state index is 5.84. The van der Waals surface area contributed by atoms with Crippen LogP contribution in [0.5, 0.6) is 0 Å². The fraction of sp³-hybridized carbons (Fsp3) is 0.857. The summed E-state index contributed by atoms with van der Waals surface area (Å²) in [5.74, 6) is 0.0694. The first-order valence-corrected chi connectivity index (χ1v) is 3.60. The number of aliphatic imine (C=N–C) groups is 1. The van der Waals surface area contributed by atoms with Crippen LogP contribution in [-0.2, 0) is 0 Å². The SMILES string of the molecule is C=NC(N)(C(C)C)C(C)(N)N. The molecule has 0 aliphatic rings. The lowest BCUT2D eigenvalue weighted by atomic mass is 9.86. The maximum absolute atomic E-state index is 5.84. The minimum atomic E-state index is -1.02. The third kappa shape index (κ3) is 1.77. The molecule has 0 amide bonds. The number of hydrogen-bond acceptors (Lipinski definition) is 4. The Balaban J connectivity index is 4.75. The molecule has 0 bridgehead atoms. The lowest BCUT2D eigenvalue weighted by Gasteiger charge is -2.40. The first-order chi connectivity index (χ1) is 4.75. The van der Waals surface area contributed by atoms with Gasteiger partial charge < -0.3 is 17.2 Å². The molecule has 0 spiro atoms. The summed E-state index contributed by atoms with van der Waals surface area (Å²) in [6.07, 6.45) is 0. The van der Waals surface area contributed by atoms with E-state index < -0.39 is 11.3 Å². The first-order valence-electron chi connectivity index (χ1n) is 3.60. The molecule has 0 aliphatic heterocycles. The van der Waals surface area contributed by atoms with E-state index in [0.29, 0.717) is 0 Å². The zero-order chi connectivity index (χ0) is 9.28. The Morgan fingerprint density at radius 3 is 1.64 bits per heavy atom. The average molecular weight is 158 g/mol. The summed E-state index contributed by atoms with van der Waals surface area (Å²) in [4.78, 5) is 3.77. The number of hydrogen-bond donors (Lipinski definition) is 3. The molecule has 0 aliphatic carbocycles. The lowest BCUT2D eigenvalue weighted by molar-refractivity contribution is 0.188. The summed E-state index contributed by atoms with van der Waals surface area (Å²) in [5.41, 5.74) is 15.2. The normalized spacial score (nSPS) is 18.1. The monoisotopic (exact) mass is 158 g/mol. The molecule has 11 heavy (non-hydrogen) atoms. The van der Waals surface area contributed by atoms with Crippen LogP contribution >= 0.6 is 0 Å². The summed E-state index contributed by atoms with van der Waals surface area (Å²) >= 11 is 0. The predicted octanol–water partition coefficient (Wildman–Crippen LogP) is -0.368. The molecule has 6 N–H and O–H groups in total. The highest BCUT2D eigenvalue weighted by atomic mass is 15.2. The second-order valence-electron chi connectivity index (χ2n) is 3.42. The maximum Gasteiger partial charge on any atom is 0.140 e. The number of nitrogens with zero attached hydrogens (tertiary/aromatic N) is 1. The summed E-state index contributed by atoms with van der Waals surface area (Å²) in [6.45, 7) is 8.84. The molecule has 0 saturated carbocycles. The molecule has 0 fully saturated rings. The second kappa shape index (κ2) is 2.89. The van der Waals surface area contributed by atoms with Gasteiger partial charge >= 0.3 is 0 Å². The van der Waals surface area contributed by atoms with Gasteiger partial charge in [-0.2, -0.15) is 0 Å². The Morgan fingerprint density at radius 2 is 1.64 bits per heavy atom. The highest BCUT2D eigenvalue weighted by molar-refractivity contribution is 5.27. The zero-order valence-corrected chi connectivity index (χ0v) is 7.46. The van der Waals surface area contributed by atoms with Gasteiger partial charge in [0.15, 0.2) is 0 Å². The largest absolute Gasteiger partial charge is 0.311 e. The molecule has 0 rings (SSSR count). The van der Waals surface area contributed by atoms with Crippen molar-refractivity contribution in [2.24, 2.45) is 28.1 Å². The standard InChI is InChI=1S/C7H18N4/c1-5(2)7(10,11-4)6(3,8)9/h5H,4,8-10H2,1-3H3. The fourth-order valence-corrected chi connectivity index (χ4v) is 0.975. The van der Waals surface area contributed by atoms with Gasteiger partial charge in [0.1, 0.15) is 11.3 Å². The summed E-state index contributed by atoms with van der Waals surface area (Å²) in [7, 11) is 0. The van der Waals surface area contributed by atoms with Gasteiger partial charge in [0.05, 0.1) is 0 Å². The summed E-state index contributed by atoms with van der Waals surface area (Å²) in [6, 6.07) is 0. The fourth-order valence-electron chi connectivity index (χ4n) is 0.975. The van der Waals surface area contributed by atoms with Crippen molar-refractivity contribution in [2.45, 2.75) is 32.1 Å². The van der Waals surface area contributed by atoms with Crippen LogP contribution in [0.4, 0.5) is 0 Å². The third-order valence-electron chi connectivity index (χ3n) is 2.00. The first kappa shape index (κ1) is 10.6. The topological polar surface area (TPSA) is 90.4 Å². The minimum Gasteiger partial charge on any atom is -0.311 e. The molecule has 4 nitrogen and oxygen atoms in total. The summed E-state index contributed by atoms with van der Waals surface area (Å²) < 4.78 is 0. The lowest BCUT2D eigenvalue weighted by Crippen LogP contribution is -2.70. The van der Waals surface area contributed by atoms with E-state index in [0.717, 1.165) is 0 Å². The smallest absolute Gasteiger partial charge is 0.140 e. The van der Waals surface area contributed by atoms with E-state index in [9.17, 15) is 0 Å². The Morgan fingerprint density at radius 1 is 1.27 bits per heavy atom. The third-order valence-corrected chi connectivity index (χ3v) is 2.00. The van der Waals surface area contributed by atoms with Crippen molar-refractivity contribution >= 4 is 6.72 Å². The quantitative estimate of drug-likeness (QED) is 0.386. The van der Waals surface area contributed by atoms with Crippen LogP contribution < -0.4 is 17.2 Å². The Bertz CT molecular complexity index is 147. The zero-order valence-electron chi connectivity index (χ0n) is 7.46. The van der Waals surface area contributed by atoms with E-state index in [1.807, 2.05) is 13.8 Å². The predicted molar refractivity (Wildman–Crippen MR) is 48.1 cm³/mol. The molecule has 1 unspecified atom stereocenters. The van der Waals surface area contributed by atoms with Crippen molar-refractivity contribution in [1.82, 2.24) is 0 Å². The molecule has 0 radical (unpaired) electrons. The van der Waals surface area contributed by atoms with Crippen molar-refractivity contribution < 1.29 is 0 Å². The molecule has 0 saturated heterocycles.